The molecule has 1 N–H and O–H groups in total. The largest absolute Gasteiger partial charge is 0.492 e. The number of hydrogen-bond acceptors (Lipinski definition) is 2. The average Bonchev–Trinajstić information content (AvgIpc) is 3.39. The molecule has 2 heteroatoms. The Balaban J connectivity index is 1.46. The van der Waals surface area contributed by atoms with Crippen molar-refractivity contribution < 1.29 is 4.74 Å². The molecule has 0 amide bonds. The lowest BCUT2D eigenvalue weighted by molar-refractivity contribution is 0.290. The van der Waals surface area contributed by atoms with Crippen molar-refractivity contribution in [1.82, 2.24) is 5.32 Å². The fourth-order valence-corrected chi connectivity index (χ4v) is 3.25. The number of ether oxygens (including phenoxy) is 1. The molecule has 2 nitrogen and oxygen atoms in total. The zero-order valence-electron chi connectivity index (χ0n) is 13.5. The van der Waals surface area contributed by atoms with Crippen LogP contribution in [0.25, 0.3) is 0 Å². The lowest BCUT2D eigenvalue weighted by Crippen LogP contribution is -2.36. The van der Waals surface area contributed by atoms with Crippen molar-refractivity contribution in [3.63, 3.8) is 0 Å². The van der Waals surface area contributed by atoms with Crippen molar-refractivity contribution in [2.45, 2.75) is 57.9 Å². The third kappa shape index (κ3) is 4.00. The van der Waals surface area contributed by atoms with Gasteiger partial charge in [-0.15, -0.1) is 0 Å². The van der Waals surface area contributed by atoms with Gasteiger partial charge in [0.05, 0.1) is 0 Å². The Labute approximate surface area is 129 Å². The quantitative estimate of drug-likeness (QED) is 0.681. The van der Waals surface area contributed by atoms with E-state index in [9.17, 15) is 0 Å². The van der Waals surface area contributed by atoms with E-state index in [-0.39, 0.29) is 0 Å². The number of benzene rings is 1. The SMILES string of the molecule is CCC(C)c1ccccc1OCCNC(C1CC1)C1CC1. The molecular formula is C19H29NO. The van der Waals surface area contributed by atoms with Crippen LogP contribution in [0.2, 0.25) is 0 Å². The van der Waals surface area contributed by atoms with Crippen LogP contribution in [0.4, 0.5) is 0 Å². The molecule has 2 aliphatic rings. The van der Waals surface area contributed by atoms with Crippen molar-refractivity contribution in [2.24, 2.45) is 11.8 Å². The van der Waals surface area contributed by atoms with E-state index in [4.69, 9.17) is 4.74 Å². The number of hydrogen-bond donors (Lipinski definition) is 1. The molecule has 0 bridgehead atoms. The third-order valence-corrected chi connectivity index (χ3v) is 5.06. The summed E-state index contributed by atoms with van der Waals surface area (Å²) < 4.78 is 6.05. The standard InChI is InChI=1S/C19H29NO/c1-3-14(2)17-6-4-5-7-18(17)21-13-12-20-19(15-8-9-15)16-10-11-16/h4-7,14-16,19-20H,3,8-13H2,1-2H3. The molecular weight excluding hydrogens is 258 g/mol. The molecule has 2 aliphatic carbocycles. The van der Waals surface area contributed by atoms with Gasteiger partial charge in [0.25, 0.3) is 0 Å². The summed E-state index contributed by atoms with van der Waals surface area (Å²) in [5, 5.41) is 3.75. The lowest BCUT2D eigenvalue weighted by Gasteiger charge is -2.19. The van der Waals surface area contributed by atoms with Crippen LogP contribution in [0.15, 0.2) is 24.3 Å². The van der Waals surface area contributed by atoms with Crippen molar-refractivity contribution in [3.8, 4) is 5.75 Å². The smallest absolute Gasteiger partial charge is 0.122 e. The normalized spacial score (nSPS) is 19.8. The van der Waals surface area contributed by atoms with Gasteiger partial charge in [0.1, 0.15) is 12.4 Å². The molecule has 2 fully saturated rings. The molecule has 1 aromatic rings. The summed E-state index contributed by atoms with van der Waals surface area (Å²) in [6.45, 7) is 6.27. The Morgan fingerprint density at radius 1 is 1.14 bits per heavy atom. The molecule has 21 heavy (non-hydrogen) atoms. The van der Waals surface area contributed by atoms with E-state index in [0.29, 0.717) is 5.92 Å². The summed E-state index contributed by atoms with van der Waals surface area (Å²) in [5.41, 5.74) is 1.35. The van der Waals surface area contributed by atoms with Gasteiger partial charge in [-0.05, 0) is 61.5 Å². The summed E-state index contributed by atoms with van der Waals surface area (Å²) in [6, 6.07) is 9.28. The van der Waals surface area contributed by atoms with Gasteiger partial charge in [-0.2, -0.15) is 0 Å². The van der Waals surface area contributed by atoms with Gasteiger partial charge >= 0.3 is 0 Å². The molecule has 1 unspecified atom stereocenters. The van der Waals surface area contributed by atoms with Gasteiger partial charge in [0, 0.05) is 12.6 Å². The molecule has 0 aliphatic heterocycles. The molecule has 0 aromatic heterocycles. The van der Waals surface area contributed by atoms with Gasteiger partial charge in [0.2, 0.25) is 0 Å². The fraction of sp³-hybridized carbons (Fsp3) is 0.684. The average molecular weight is 287 g/mol. The van der Waals surface area contributed by atoms with Crippen molar-refractivity contribution in [1.29, 1.82) is 0 Å². The van der Waals surface area contributed by atoms with Crippen LogP contribution >= 0.6 is 0 Å². The second-order valence-corrected chi connectivity index (χ2v) is 6.85. The maximum absolute atomic E-state index is 6.05. The number of para-hydroxylation sites is 1. The van der Waals surface area contributed by atoms with E-state index >= 15 is 0 Å². The molecule has 1 atom stereocenters. The lowest BCUT2D eigenvalue weighted by atomic mass is 9.98. The molecule has 0 saturated heterocycles. The Morgan fingerprint density at radius 2 is 1.81 bits per heavy atom. The summed E-state index contributed by atoms with van der Waals surface area (Å²) in [5.74, 6) is 3.57. The Kier molecular flexibility index (Phi) is 4.84. The van der Waals surface area contributed by atoms with Crippen LogP contribution in [0.3, 0.4) is 0 Å². The van der Waals surface area contributed by atoms with Crippen molar-refractivity contribution in [3.05, 3.63) is 29.8 Å². The maximum atomic E-state index is 6.05. The van der Waals surface area contributed by atoms with Crippen LogP contribution in [-0.4, -0.2) is 19.2 Å². The highest BCUT2D eigenvalue weighted by Crippen LogP contribution is 2.44. The summed E-state index contributed by atoms with van der Waals surface area (Å²) in [4.78, 5) is 0. The molecule has 0 heterocycles. The van der Waals surface area contributed by atoms with E-state index < -0.39 is 0 Å². The minimum absolute atomic E-state index is 0.569. The van der Waals surface area contributed by atoms with Crippen molar-refractivity contribution in [2.75, 3.05) is 13.2 Å². The Hall–Kier alpha value is -1.02. The van der Waals surface area contributed by atoms with E-state index in [0.717, 1.165) is 43.2 Å². The predicted molar refractivity (Wildman–Crippen MR) is 87.9 cm³/mol. The van der Waals surface area contributed by atoms with Gasteiger partial charge in [0.15, 0.2) is 0 Å². The molecule has 1 aromatic carbocycles. The van der Waals surface area contributed by atoms with Gasteiger partial charge in [-0.1, -0.05) is 32.0 Å². The van der Waals surface area contributed by atoms with E-state index in [1.54, 1.807) is 0 Å². The fourth-order valence-electron chi connectivity index (χ4n) is 3.25. The van der Waals surface area contributed by atoms with Crippen LogP contribution < -0.4 is 10.1 Å². The molecule has 2 saturated carbocycles. The Bertz CT molecular complexity index is 439. The third-order valence-electron chi connectivity index (χ3n) is 5.06. The number of nitrogens with one attached hydrogen (secondary N) is 1. The van der Waals surface area contributed by atoms with Crippen LogP contribution in [0, 0.1) is 11.8 Å². The minimum atomic E-state index is 0.569. The number of rotatable bonds is 9. The van der Waals surface area contributed by atoms with E-state index in [1.807, 2.05) is 0 Å². The zero-order valence-corrected chi connectivity index (χ0v) is 13.5. The first kappa shape index (κ1) is 14.9. The summed E-state index contributed by atoms with van der Waals surface area (Å²) in [7, 11) is 0. The van der Waals surface area contributed by atoms with Crippen LogP contribution in [0.1, 0.15) is 57.4 Å². The minimum Gasteiger partial charge on any atom is -0.492 e. The molecule has 0 spiro atoms. The van der Waals surface area contributed by atoms with Crippen LogP contribution in [-0.2, 0) is 0 Å². The molecule has 116 valence electrons. The highest BCUT2D eigenvalue weighted by molar-refractivity contribution is 5.35. The first-order chi connectivity index (χ1) is 10.3. The second kappa shape index (κ2) is 6.83. The second-order valence-electron chi connectivity index (χ2n) is 6.85. The Morgan fingerprint density at radius 3 is 2.43 bits per heavy atom. The monoisotopic (exact) mass is 287 g/mol. The summed E-state index contributed by atoms with van der Waals surface area (Å²) >= 11 is 0. The highest BCUT2D eigenvalue weighted by atomic mass is 16.5. The molecule has 0 radical (unpaired) electrons. The van der Waals surface area contributed by atoms with Gasteiger partial charge in [-0.25, -0.2) is 0 Å². The predicted octanol–water partition coefficient (Wildman–Crippen LogP) is 4.36. The van der Waals surface area contributed by atoms with E-state index in [2.05, 4.69) is 43.4 Å². The zero-order chi connectivity index (χ0) is 14.7. The van der Waals surface area contributed by atoms with Gasteiger partial charge < -0.3 is 10.1 Å². The topological polar surface area (TPSA) is 21.3 Å². The first-order valence-electron chi connectivity index (χ1n) is 8.74. The van der Waals surface area contributed by atoms with Crippen molar-refractivity contribution >= 4 is 0 Å². The van der Waals surface area contributed by atoms with Gasteiger partial charge in [-0.3, -0.25) is 0 Å². The maximum Gasteiger partial charge on any atom is 0.122 e. The first-order valence-corrected chi connectivity index (χ1v) is 8.74. The highest BCUT2D eigenvalue weighted by Gasteiger charge is 2.40. The van der Waals surface area contributed by atoms with E-state index in [1.165, 1.54) is 31.2 Å². The summed E-state index contributed by atoms with van der Waals surface area (Å²) in [6.07, 6.45) is 6.90. The van der Waals surface area contributed by atoms with Crippen LogP contribution in [0.5, 0.6) is 5.75 Å². The molecule has 3 rings (SSSR count).